The molecule has 20 heavy (non-hydrogen) atoms. The average Bonchev–Trinajstić information content (AvgIpc) is 2.49. The summed E-state index contributed by atoms with van der Waals surface area (Å²) in [5, 5.41) is 3.72. The van der Waals surface area contributed by atoms with E-state index in [1.165, 1.54) is 29.5 Å². The lowest BCUT2D eigenvalue weighted by atomic mass is 9.81. The Morgan fingerprint density at radius 2 is 1.70 bits per heavy atom. The molecule has 1 nitrogen and oxygen atoms in total. The maximum Gasteiger partial charge on any atom is 0.0326 e. The van der Waals surface area contributed by atoms with Gasteiger partial charge < -0.3 is 5.32 Å². The summed E-state index contributed by atoms with van der Waals surface area (Å²) in [6, 6.07) is 17.9. The fourth-order valence-electron chi connectivity index (χ4n) is 3.06. The van der Waals surface area contributed by atoms with Crippen LogP contribution in [0, 0.1) is 0 Å². The fourth-order valence-corrected chi connectivity index (χ4v) is 3.32. The third-order valence-electron chi connectivity index (χ3n) is 4.26. The first-order valence-electron chi connectivity index (χ1n) is 7.30. The highest BCUT2D eigenvalue weighted by atomic mass is 79.9. The van der Waals surface area contributed by atoms with Gasteiger partial charge in [-0.15, -0.1) is 0 Å². The first kappa shape index (κ1) is 13.8. The number of hydrogen-bond donors (Lipinski definition) is 1. The van der Waals surface area contributed by atoms with E-state index in [4.69, 9.17) is 0 Å². The van der Waals surface area contributed by atoms with Crippen LogP contribution in [0.2, 0.25) is 0 Å². The maximum atomic E-state index is 3.72. The topological polar surface area (TPSA) is 12.0 Å². The predicted octanol–water partition coefficient (Wildman–Crippen LogP) is 5.18. The van der Waals surface area contributed by atoms with Gasteiger partial charge in [0.05, 0.1) is 0 Å². The molecule has 0 aliphatic heterocycles. The van der Waals surface area contributed by atoms with Crippen molar-refractivity contribution in [3.05, 3.63) is 69.7 Å². The zero-order valence-electron chi connectivity index (χ0n) is 11.8. The van der Waals surface area contributed by atoms with E-state index in [0.717, 1.165) is 11.0 Å². The molecule has 0 bridgehead atoms. The number of benzene rings is 2. The largest absolute Gasteiger partial charge is 0.306 e. The van der Waals surface area contributed by atoms with Crippen LogP contribution < -0.4 is 5.32 Å². The van der Waals surface area contributed by atoms with Crippen molar-refractivity contribution in [2.75, 3.05) is 0 Å². The Kier molecular flexibility index (Phi) is 4.23. The van der Waals surface area contributed by atoms with Crippen LogP contribution in [0.1, 0.15) is 48.4 Å². The van der Waals surface area contributed by atoms with Crippen molar-refractivity contribution in [2.45, 2.75) is 38.3 Å². The first-order valence-corrected chi connectivity index (χ1v) is 8.10. The van der Waals surface area contributed by atoms with E-state index in [-0.39, 0.29) is 0 Å². The molecule has 2 heteroatoms. The number of fused-ring (bicyclic) bond motifs is 1. The predicted molar refractivity (Wildman–Crippen MR) is 87.8 cm³/mol. The zero-order valence-corrected chi connectivity index (χ0v) is 13.4. The highest BCUT2D eigenvalue weighted by Gasteiger charge is 2.23. The van der Waals surface area contributed by atoms with Crippen LogP contribution in [0.15, 0.2) is 53.0 Å². The van der Waals surface area contributed by atoms with Gasteiger partial charge in [0.25, 0.3) is 0 Å². The van der Waals surface area contributed by atoms with E-state index in [1.807, 2.05) is 0 Å². The fraction of sp³-hybridized carbons (Fsp3) is 0.333. The van der Waals surface area contributed by atoms with Crippen LogP contribution in [0.5, 0.6) is 0 Å². The minimum atomic E-state index is 0.492. The number of hydrogen-bond acceptors (Lipinski definition) is 1. The number of rotatable bonds is 3. The SMILES string of the molecule is CC1CCC(NCc2ccc(Br)cc2)c2ccccc21. The van der Waals surface area contributed by atoms with Crippen molar-refractivity contribution >= 4 is 15.9 Å². The summed E-state index contributed by atoms with van der Waals surface area (Å²) in [4.78, 5) is 0. The van der Waals surface area contributed by atoms with E-state index in [9.17, 15) is 0 Å². The van der Waals surface area contributed by atoms with Gasteiger partial charge >= 0.3 is 0 Å². The minimum Gasteiger partial charge on any atom is -0.306 e. The molecule has 104 valence electrons. The Balaban J connectivity index is 1.72. The van der Waals surface area contributed by atoms with E-state index in [0.29, 0.717) is 12.0 Å². The van der Waals surface area contributed by atoms with E-state index >= 15 is 0 Å². The summed E-state index contributed by atoms with van der Waals surface area (Å²) < 4.78 is 1.14. The molecule has 1 aliphatic carbocycles. The van der Waals surface area contributed by atoms with Crippen LogP contribution in [0.4, 0.5) is 0 Å². The van der Waals surface area contributed by atoms with Gasteiger partial charge in [-0.05, 0) is 47.6 Å². The van der Waals surface area contributed by atoms with Gasteiger partial charge in [0.15, 0.2) is 0 Å². The van der Waals surface area contributed by atoms with E-state index in [1.54, 1.807) is 0 Å². The molecule has 0 spiro atoms. The van der Waals surface area contributed by atoms with E-state index in [2.05, 4.69) is 76.7 Å². The molecule has 0 heterocycles. The quantitative estimate of drug-likeness (QED) is 0.818. The van der Waals surface area contributed by atoms with Crippen molar-refractivity contribution in [1.82, 2.24) is 5.32 Å². The normalized spacial score (nSPS) is 21.5. The molecule has 3 rings (SSSR count). The second-order valence-corrected chi connectivity index (χ2v) is 6.58. The number of nitrogens with one attached hydrogen (secondary N) is 1. The van der Waals surface area contributed by atoms with Crippen molar-refractivity contribution in [3.8, 4) is 0 Å². The monoisotopic (exact) mass is 329 g/mol. The summed E-state index contributed by atoms with van der Waals surface area (Å²) in [7, 11) is 0. The van der Waals surface area contributed by atoms with Crippen LogP contribution in [0.25, 0.3) is 0 Å². The van der Waals surface area contributed by atoms with Gasteiger partial charge in [0.2, 0.25) is 0 Å². The molecule has 2 aromatic carbocycles. The van der Waals surface area contributed by atoms with Crippen molar-refractivity contribution in [3.63, 3.8) is 0 Å². The molecule has 1 aliphatic rings. The van der Waals surface area contributed by atoms with Gasteiger partial charge in [-0.1, -0.05) is 59.3 Å². The summed E-state index contributed by atoms with van der Waals surface area (Å²) in [6.07, 6.45) is 2.50. The molecule has 0 aromatic heterocycles. The molecule has 0 fully saturated rings. The zero-order chi connectivity index (χ0) is 13.9. The summed E-state index contributed by atoms with van der Waals surface area (Å²) in [5.74, 6) is 0.692. The third kappa shape index (κ3) is 2.97. The van der Waals surface area contributed by atoms with Gasteiger partial charge in [-0.25, -0.2) is 0 Å². The Hall–Kier alpha value is -1.12. The van der Waals surface area contributed by atoms with Crippen molar-refractivity contribution in [2.24, 2.45) is 0 Å². The molecule has 2 aromatic rings. The van der Waals surface area contributed by atoms with Crippen LogP contribution in [-0.4, -0.2) is 0 Å². The Bertz CT molecular complexity index is 576. The lowest BCUT2D eigenvalue weighted by Gasteiger charge is -2.30. The third-order valence-corrected chi connectivity index (χ3v) is 4.79. The summed E-state index contributed by atoms with van der Waals surface area (Å²) in [6.45, 7) is 3.27. The molecule has 0 saturated carbocycles. The Morgan fingerprint density at radius 3 is 2.45 bits per heavy atom. The summed E-state index contributed by atoms with van der Waals surface area (Å²) >= 11 is 3.48. The van der Waals surface area contributed by atoms with Crippen LogP contribution in [0.3, 0.4) is 0 Å². The highest BCUT2D eigenvalue weighted by molar-refractivity contribution is 9.10. The Labute approximate surface area is 129 Å². The van der Waals surface area contributed by atoms with Crippen molar-refractivity contribution < 1.29 is 0 Å². The molecular formula is C18H20BrN. The van der Waals surface area contributed by atoms with Crippen LogP contribution in [-0.2, 0) is 6.54 Å². The molecule has 2 atom stereocenters. The van der Waals surface area contributed by atoms with Crippen molar-refractivity contribution in [1.29, 1.82) is 0 Å². The Morgan fingerprint density at radius 1 is 1.00 bits per heavy atom. The second kappa shape index (κ2) is 6.11. The first-order chi connectivity index (χ1) is 9.74. The molecule has 2 unspecified atom stereocenters. The van der Waals surface area contributed by atoms with Gasteiger partial charge in [-0.2, -0.15) is 0 Å². The van der Waals surface area contributed by atoms with E-state index < -0.39 is 0 Å². The smallest absolute Gasteiger partial charge is 0.0326 e. The molecule has 0 saturated heterocycles. The molecule has 1 N–H and O–H groups in total. The van der Waals surface area contributed by atoms with Crippen LogP contribution >= 0.6 is 15.9 Å². The molecule has 0 radical (unpaired) electrons. The minimum absolute atomic E-state index is 0.492. The molecular weight excluding hydrogens is 310 g/mol. The maximum absolute atomic E-state index is 3.72. The molecule has 0 amide bonds. The van der Waals surface area contributed by atoms with Gasteiger partial charge in [-0.3, -0.25) is 0 Å². The highest BCUT2D eigenvalue weighted by Crippen LogP contribution is 2.37. The standard InChI is InChI=1S/C18H20BrN/c1-13-6-11-18(17-5-3-2-4-16(13)17)20-12-14-7-9-15(19)10-8-14/h2-5,7-10,13,18,20H,6,11-12H2,1H3. The van der Waals surface area contributed by atoms with Gasteiger partial charge in [0.1, 0.15) is 0 Å². The lowest BCUT2D eigenvalue weighted by Crippen LogP contribution is -2.25. The average molecular weight is 330 g/mol. The second-order valence-electron chi connectivity index (χ2n) is 5.67. The number of halogens is 1. The van der Waals surface area contributed by atoms with Gasteiger partial charge in [0, 0.05) is 17.1 Å². The summed E-state index contributed by atoms with van der Waals surface area (Å²) in [5.41, 5.74) is 4.35. The lowest BCUT2D eigenvalue weighted by molar-refractivity contribution is 0.431.